The van der Waals surface area contributed by atoms with Gasteiger partial charge >= 0.3 is 5.97 Å². The quantitative estimate of drug-likeness (QED) is 0.654. The molecule has 0 amide bonds. The minimum atomic E-state index is -0.981. The minimum Gasteiger partial charge on any atom is -0.496 e. The van der Waals surface area contributed by atoms with E-state index in [1.54, 1.807) is 25.1 Å². The number of benzene rings is 1. The van der Waals surface area contributed by atoms with Crippen LogP contribution in [0.15, 0.2) is 53.7 Å². The molecule has 0 fully saturated rings. The van der Waals surface area contributed by atoms with E-state index in [4.69, 9.17) is 9.84 Å². The van der Waals surface area contributed by atoms with E-state index in [0.717, 1.165) is 28.0 Å². The predicted molar refractivity (Wildman–Crippen MR) is 83.5 cm³/mol. The van der Waals surface area contributed by atoms with Crippen LogP contribution in [0.2, 0.25) is 0 Å². The average Bonchev–Trinajstić information content (AvgIpc) is 2.52. The Labute approximate surface area is 127 Å². The number of carboxylic acids is 1. The molecular formula is C16H15NO3S. The van der Waals surface area contributed by atoms with E-state index in [9.17, 15) is 4.79 Å². The number of aliphatic carboxylic acids is 1. The van der Waals surface area contributed by atoms with E-state index in [1.165, 1.54) is 6.08 Å². The molecule has 0 atom stereocenters. The van der Waals surface area contributed by atoms with Crippen molar-refractivity contribution in [2.45, 2.75) is 10.8 Å². The van der Waals surface area contributed by atoms with Crippen LogP contribution in [-0.2, 0) is 10.5 Å². The predicted octanol–water partition coefficient (Wildman–Crippen LogP) is 3.48. The Bertz CT molecular complexity index is 641. The molecule has 5 heteroatoms. The number of aromatic nitrogens is 1. The largest absolute Gasteiger partial charge is 0.496 e. The van der Waals surface area contributed by atoms with Gasteiger partial charge in [0.1, 0.15) is 5.75 Å². The highest BCUT2D eigenvalue weighted by Gasteiger charge is 2.04. The Morgan fingerprint density at radius 3 is 2.90 bits per heavy atom. The highest BCUT2D eigenvalue weighted by atomic mass is 32.2. The van der Waals surface area contributed by atoms with Crippen LogP contribution in [0.1, 0.15) is 11.1 Å². The summed E-state index contributed by atoms with van der Waals surface area (Å²) in [7, 11) is 1.57. The van der Waals surface area contributed by atoms with Crippen molar-refractivity contribution in [2.75, 3.05) is 7.11 Å². The zero-order valence-electron chi connectivity index (χ0n) is 11.5. The summed E-state index contributed by atoms with van der Waals surface area (Å²) in [5, 5.41) is 9.67. The molecule has 0 spiro atoms. The maximum atomic E-state index is 10.6. The number of rotatable bonds is 6. The molecular weight excluding hydrogens is 286 g/mol. The van der Waals surface area contributed by atoms with Crippen molar-refractivity contribution < 1.29 is 14.6 Å². The Morgan fingerprint density at radius 1 is 1.38 bits per heavy atom. The summed E-state index contributed by atoms with van der Waals surface area (Å²) in [5.41, 5.74) is 1.83. The summed E-state index contributed by atoms with van der Waals surface area (Å²) >= 11 is 1.63. The smallest absolute Gasteiger partial charge is 0.328 e. The lowest BCUT2D eigenvalue weighted by atomic mass is 10.1. The van der Waals surface area contributed by atoms with Crippen LogP contribution >= 0.6 is 11.8 Å². The van der Waals surface area contributed by atoms with Gasteiger partial charge in [0.15, 0.2) is 0 Å². The maximum Gasteiger partial charge on any atom is 0.328 e. The van der Waals surface area contributed by atoms with Crippen LogP contribution in [-0.4, -0.2) is 23.2 Å². The van der Waals surface area contributed by atoms with Crippen LogP contribution in [0.3, 0.4) is 0 Å². The summed E-state index contributed by atoms with van der Waals surface area (Å²) in [6.07, 6.45) is 4.40. The number of hydrogen-bond donors (Lipinski definition) is 1. The molecule has 108 valence electrons. The molecule has 0 saturated heterocycles. The lowest BCUT2D eigenvalue weighted by Crippen LogP contribution is -1.91. The Balaban J connectivity index is 2.13. The van der Waals surface area contributed by atoms with Gasteiger partial charge in [-0.05, 0) is 35.9 Å². The summed E-state index contributed by atoms with van der Waals surface area (Å²) in [4.78, 5) is 14.9. The zero-order chi connectivity index (χ0) is 15.1. The molecule has 1 aromatic carbocycles. The molecule has 2 rings (SSSR count). The molecule has 21 heavy (non-hydrogen) atoms. The van der Waals surface area contributed by atoms with Crippen molar-refractivity contribution in [2.24, 2.45) is 0 Å². The number of methoxy groups -OCH3 is 1. The first-order chi connectivity index (χ1) is 10.2. The van der Waals surface area contributed by atoms with E-state index in [0.29, 0.717) is 5.75 Å². The summed E-state index contributed by atoms with van der Waals surface area (Å²) < 4.78 is 5.23. The van der Waals surface area contributed by atoms with Crippen LogP contribution in [0.5, 0.6) is 5.75 Å². The van der Waals surface area contributed by atoms with Crippen LogP contribution < -0.4 is 4.74 Å². The van der Waals surface area contributed by atoms with Crippen molar-refractivity contribution in [3.63, 3.8) is 0 Å². The monoisotopic (exact) mass is 301 g/mol. The highest BCUT2D eigenvalue weighted by Crippen LogP contribution is 2.26. The molecule has 0 aliphatic rings. The second-order valence-electron chi connectivity index (χ2n) is 4.20. The van der Waals surface area contributed by atoms with Crippen molar-refractivity contribution in [1.82, 2.24) is 4.98 Å². The van der Waals surface area contributed by atoms with Gasteiger partial charge in [-0.3, -0.25) is 0 Å². The van der Waals surface area contributed by atoms with E-state index >= 15 is 0 Å². The molecule has 1 N–H and O–H groups in total. The molecule has 1 aromatic heterocycles. The number of thioether (sulfide) groups is 1. The maximum absolute atomic E-state index is 10.6. The number of carboxylic acid groups (broad SMARTS) is 1. The van der Waals surface area contributed by atoms with Gasteiger partial charge in [0.2, 0.25) is 0 Å². The standard InChI is InChI=1S/C16H15NO3S/c1-20-14-7-5-12(10-13(14)6-8-16(18)19)11-21-15-4-2-3-9-17-15/h2-10H,11H2,1H3,(H,18,19). The Hall–Kier alpha value is -2.27. The van der Waals surface area contributed by atoms with Gasteiger partial charge < -0.3 is 9.84 Å². The van der Waals surface area contributed by atoms with Gasteiger partial charge in [-0.15, -0.1) is 11.8 Å². The molecule has 4 nitrogen and oxygen atoms in total. The first-order valence-electron chi connectivity index (χ1n) is 6.31. The molecule has 0 aliphatic heterocycles. The Morgan fingerprint density at radius 2 is 2.24 bits per heavy atom. The third-order valence-corrected chi connectivity index (χ3v) is 3.74. The fourth-order valence-corrected chi connectivity index (χ4v) is 2.56. The second-order valence-corrected chi connectivity index (χ2v) is 5.20. The highest BCUT2D eigenvalue weighted by molar-refractivity contribution is 7.98. The zero-order valence-corrected chi connectivity index (χ0v) is 12.3. The molecule has 2 aromatic rings. The van der Waals surface area contributed by atoms with Gasteiger partial charge in [0.25, 0.3) is 0 Å². The fraction of sp³-hybridized carbons (Fsp3) is 0.125. The molecule has 0 saturated carbocycles. The van der Waals surface area contributed by atoms with Gasteiger partial charge in [0, 0.05) is 23.6 Å². The molecule has 0 bridgehead atoms. The van der Waals surface area contributed by atoms with Gasteiger partial charge in [0.05, 0.1) is 12.1 Å². The third-order valence-electron chi connectivity index (χ3n) is 2.72. The lowest BCUT2D eigenvalue weighted by Gasteiger charge is -2.07. The number of hydrogen-bond acceptors (Lipinski definition) is 4. The normalized spacial score (nSPS) is 10.7. The van der Waals surface area contributed by atoms with Crippen LogP contribution in [0.25, 0.3) is 6.08 Å². The first-order valence-corrected chi connectivity index (χ1v) is 7.29. The summed E-state index contributed by atoms with van der Waals surface area (Å²) in [6.45, 7) is 0. The molecule has 0 aliphatic carbocycles. The van der Waals surface area contributed by atoms with Crippen molar-refractivity contribution in [3.05, 3.63) is 59.8 Å². The number of carbonyl (C=O) groups is 1. The van der Waals surface area contributed by atoms with Crippen molar-refractivity contribution >= 4 is 23.8 Å². The van der Waals surface area contributed by atoms with Crippen molar-refractivity contribution in [1.29, 1.82) is 0 Å². The van der Waals surface area contributed by atoms with E-state index in [-0.39, 0.29) is 0 Å². The molecule has 0 unspecified atom stereocenters. The fourth-order valence-electron chi connectivity index (χ4n) is 1.75. The van der Waals surface area contributed by atoms with Crippen molar-refractivity contribution in [3.8, 4) is 5.75 Å². The van der Waals surface area contributed by atoms with Gasteiger partial charge in [-0.2, -0.15) is 0 Å². The second kappa shape index (κ2) is 7.50. The lowest BCUT2D eigenvalue weighted by molar-refractivity contribution is -0.131. The van der Waals surface area contributed by atoms with E-state index < -0.39 is 5.97 Å². The molecule has 0 radical (unpaired) electrons. The molecule has 1 heterocycles. The summed E-state index contributed by atoms with van der Waals surface area (Å²) in [5.74, 6) is 0.430. The van der Waals surface area contributed by atoms with E-state index in [2.05, 4.69) is 4.98 Å². The van der Waals surface area contributed by atoms with E-state index in [1.807, 2.05) is 36.4 Å². The first kappa shape index (κ1) is 15.1. The minimum absolute atomic E-state index is 0.652. The number of ether oxygens (including phenoxy) is 1. The third kappa shape index (κ3) is 4.65. The van der Waals surface area contributed by atoms with Crippen LogP contribution in [0, 0.1) is 0 Å². The topological polar surface area (TPSA) is 59.4 Å². The average molecular weight is 301 g/mol. The summed E-state index contributed by atoms with van der Waals surface area (Å²) in [6, 6.07) is 11.5. The number of nitrogens with zero attached hydrogens (tertiary/aromatic N) is 1. The van der Waals surface area contributed by atoms with Crippen LogP contribution in [0.4, 0.5) is 0 Å². The van der Waals surface area contributed by atoms with Gasteiger partial charge in [-0.1, -0.05) is 12.1 Å². The van der Waals surface area contributed by atoms with Gasteiger partial charge in [-0.25, -0.2) is 9.78 Å². The number of pyridine rings is 1. The Kier molecular flexibility index (Phi) is 5.40. The SMILES string of the molecule is COc1ccc(CSc2ccccn2)cc1C=CC(=O)O.